The lowest BCUT2D eigenvalue weighted by atomic mass is 9.98. The number of amides is 1. The number of anilines is 5. The summed E-state index contributed by atoms with van der Waals surface area (Å²) in [5.41, 5.74) is 3.92. The van der Waals surface area contributed by atoms with Crippen LogP contribution in [-0.2, 0) is 9.63 Å². The summed E-state index contributed by atoms with van der Waals surface area (Å²) in [4.78, 5) is 31.8. The van der Waals surface area contributed by atoms with Gasteiger partial charge in [-0.2, -0.15) is 0 Å². The van der Waals surface area contributed by atoms with Crippen LogP contribution in [0.3, 0.4) is 0 Å². The van der Waals surface area contributed by atoms with Gasteiger partial charge in [0.1, 0.15) is 29.5 Å². The van der Waals surface area contributed by atoms with Crippen molar-refractivity contribution < 1.29 is 23.1 Å². The van der Waals surface area contributed by atoms with Crippen molar-refractivity contribution >= 4 is 34.6 Å². The van der Waals surface area contributed by atoms with Crippen LogP contribution in [0.1, 0.15) is 18.0 Å². The van der Waals surface area contributed by atoms with Gasteiger partial charge in [-0.25, -0.2) is 23.8 Å². The summed E-state index contributed by atoms with van der Waals surface area (Å²) < 4.78 is 33.8. The van der Waals surface area contributed by atoms with Crippen LogP contribution >= 0.6 is 0 Å². The van der Waals surface area contributed by atoms with E-state index in [2.05, 4.69) is 44.0 Å². The first kappa shape index (κ1) is 30.9. The molecule has 6 rings (SSSR count). The molecule has 4 aromatic rings. The molecule has 238 valence electrons. The largest absolute Gasteiger partial charge is 0.494 e. The van der Waals surface area contributed by atoms with Crippen LogP contribution in [0.15, 0.2) is 79.6 Å². The smallest absolute Gasteiger partial charge is 0.247 e. The van der Waals surface area contributed by atoms with Crippen molar-refractivity contribution in [3.8, 4) is 16.9 Å². The number of carbonyl (C=O) groups is 1. The van der Waals surface area contributed by atoms with Gasteiger partial charge in [0.25, 0.3) is 0 Å². The monoisotopic (exact) mass is 627 g/mol. The van der Waals surface area contributed by atoms with Crippen molar-refractivity contribution in [2.45, 2.75) is 12.5 Å². The van der Waals surface area contributed by atoms with Gasteiger partial charge in [-0.05, 0) is 48.5 Å². The van der Waals surface area contributed by atoms with Gasteiger partial charge in [0.15, 0.2) is 5.82 Å². The number of nitrogens with one attached hydrogen (secondary N) is 2. The average molecular weight is 628 g/mol. The summed E-state index contributed by atoms with van der Waals surface area (Å²) in [7, 11) is 3.68. The Morgan fingerprint density at radius 3 is 2.63 bits per heavy atom. The summed E-state index contributed by atoms with van der Waals surface area (Å²) in [6.07, 6.45) is 3.35. The molecule has 1 atom stereocenters. The van der Waals surface area contributed by atoms with Crippen LogP contribution in [0, 0.1) is 11.6 Å². The number of carbonyl (C=O) groups excluding carboxylic acids is 1. The van der Waals surface area contributed by atoms with E-state index in [4.69, 9.17) is 9.57 Å². The normalized spacial score (nSPS) is 16.7. The number of hydrogen-bond donors (Lipinski definition) is 2. The van der Waals surface area contributed by atoms with Crippen molar-refractivity contribution in [1.29, 1.82) is 0 Å². The molecule has 2 aliphatic rings. The molecule has 2 N–H and O–H groups in total. The van der Waals surface area contributed by atoms with Crippen molar-refractivity contribution in [2.75, 3.05) is 67.5 Å². The molecule has 1 amide bonds. The fraction of sp³-hybridized carbons (Fsp3) is 0.265. The predicted octanol–water partition coefficient (Wildman–Crippen LogP) is 5.93. The van der Waals surface area contributed by atoms with Crippen LogP contribution in [0.25, 0.3) is 11.1 Å². The number of methoxy groups -OCH3 is 1. The number of benzene rings is 3. The van der Waals surface area contributed by atoms with Gasteiger partial charge < -0.3 is 25.2 Å². The van der Waals surface area contributed by atoms with Gasteiger partial charge in [0, 0.05) is 56.4 Å². The van der Waals surface area contributed by atoms with Crippen molar-refractivity contribution in [3.63, 3.8) is 0 Å². The van der Waals surface area contributed by atoms with Crippen molar-refractivity contribution in [3.05, 3.63) is 96.8 Å². The molecule has 1 aromatic heterocycles. The lowest BCUT2D eigenvalue weighted by Crippen LogP contribution is -2.44. The minimum Gasteiger partial charge on any atom is -0.494 e. The molecule has 3 aromatic carbocycles. The van der Waals surface area contributed by atoms with E-state index in [1.165, 1.54) is 24.5 Å². The number of halogens is 2. The van der Waals surface area contributed by atoms with E-state index in [1.54, 1.807) is 24.3 Å². The minimum atomic E-state index is -0.623. The van der Waals surface area contributed by atoms with Gasteiger partial charge in [-0.15, -0.1) is 0 Å². The number of piperazine rings is 1. The molecule has 0 saturated carbocycles. The second kappa shape index (κ2) is 13.5. The highest BCUT2D eigenvalue weighted by Crippen LogP contribution is 2.40. The highest BCUT2D eigenvalue weighted by Gasteiger charge is 2.30. The summed E-state index contributed by atoms with van der Waals surface area (Å²) in [5.74, 6) is 0.00870. The number of aromatic nitrogens is 2. The van der Waals surface area contributed by atoms with Gasteiger partial charge in [0.05, 0.1) is 36.8 Å². The second-order valence-corrected chi connectivity index (χ2v) is 11.2. The van der Waals surface area contributed by atoms with E-state index in [-0.39, 0.29) is 11.9 Å². The molecule has 0 spiro atoms. The predicted molar refractivity (Wildman–Crippen MR) is 174 cm³/mol. The molecular weight excluding hydrogens is 592 g/mol. The fourth-order valence-electron chi connectivity index (χ4n) is 5.74. The molecule has 2 aliphatic heterocycles. The lowest BCUT2D eigenvalue weighted by molar-refractivity contribution is -0.111. The van der Waals surface area contributed by atoms with E-state index in [9.17, 15) is 13.6 Å². The lowest BCUT2D eigenvalue weighted by Gasteiger charge is -2.35. The molecule has 12 heteroatoms. The number of hydroxylamine groups is 1. The highest BCUT2D eigenvalue weighted by atomic mass is 19.1. The van der Waals surface area contributed by atoms with Crippen LogP contribution in [0.5, 0.6) is 5.75 Å². The quantitative estimate of drug-likeness (QED) is 0.219. The van der Waals surface area contributed by atoms with E-state index >= 15 is 0 Å². The number of nitrogens with zero attached hydrogens (tertiary/aromatic N) is 5. The summed E-state index contributed by atoms with van der Waals surface area (Å²) in [5, 5.41) is 7.97. The first-order chi connectivity index (χ1) is 22.3. The third kappa shape index (κ3) is 6.63. The first-order valence-electron chi connectivity index (χ1n) is 15.0. The Labute approximate surface area is 266 Å². The molecule has 0 radical (unpaired) electrons. The summed E-state index contributed by atoms with van der Waals surface area (Å²) >= 11 is 0. The molecular formula is C34H35F2N7O3. The average Bonchev–Trinajstić information content (AvgIpc) is 3.56. The van der Waals surface area contributed by atoms with Crippen LogP contribution in [-0.4, -0.2) is 67.7 Å². The zero-order valence-electron chi connectivity index (χ0n) is 25.7. The van der Waals surface area contributed by atoms with Crippen LogP contribution in [0.2, 0.25) is 0 Å². The Kier molecular flexibility index (Phi) is 9.08. The third-order valence-corrected chi connectivity index (χ3v) is 8.16. The zero-order chi connectivity index (χ0) is 32.2. The molecule has 0 unspecified atom stereocenters. The van der Waals surface area contributed by atoms with Crippen LogP contribution < -0.4 is 25.3 Å². The van der Waals surface area contributed by atoms with E-state index in [0.29, 0.717) is 52.9 Å². The van der Waals surface area contributed by atoms with Crippen LogP contribution in [0.4, 0.5) is 37.5 Å². The zero-order valence-corrected chi connectivity index (χ0v) is 25.7. The SMILES string of the molecule is C=CC(=O)Nc1cc(Nc2cc(N3OCC[C@@H]3c3cccc(-c4ccc(F)cc4F)c3)ncn2)c(OC)cc1N1CCN(C)CC1. The Hall–Kier alpha value is -5.07. The summed E-state index contributed by atoms with van der Waals surface area (Å²) in [6, 6.07) is 16.3. The number of rotatable bonds is 9. The highest BCUT2D eigenvalue weighted by molar-refractivity contribution is 6.02. The Balaban J connectivity index is 1.27. The van der Waals surface area contributed by atoms with E-state index in [1.807, 2.05) is 30.3 Å². The maximum Gasteiger partial charge on any atom is 0.247 e. The second-order valence-electron chi connectivity index (χ2n) is 11.2. The van der Waals surface area contributed by atoms with E-state index in [0.717, 1.165) is 43.5 Å². The van der Waals surface area contributed by atoms with Crippen molar-refractivity contribution in [2.24, 2.45) is 0 Å². The number of ether oxygens (including phenoxy) is 1. The molecule has 10 nitrogen and oxygen atoms in total. The standard InChI is InChI=1S/C34H35F2N7O3/c1-4-34(44)40-27-18-28(31(45-3)19-30(27)42-13-11-41(2)12-14-42)39-32-20-33(38-21-37-32)43-29(10-15-46-43)23-7-5-6-22(16-23)25-9-8-24(35)17-26(25)36/h4-9,16-21,29H,1,10-15H2,2-3H3,(H,40,44)(H,37,38,39)/t29-/m1/s1. The third-order valence-electron chi connectivity index (χ3n) is 8.16. The van der Waals surface area contributed by atoms with Gasteiger partial charge >= 0.3 is 0 Å². The Morgan fingerprint density at radius 2 is 1.87 bits per heavy atom. The van der Waals surface area contributed by atoms with E-state index < -0.39 is 11.6 Å². The van der Waals surface area contributed by atoms with Gasteiger partial charge in [-0.1, -0.05) is 24.8 Å². The topological polar surface area (TPSA) is 95.1 Å². The van der Waals surface area contributed by atoms with Crippen molar-refractivity contribution in [1.82, 2.24) is 14.9 Å². The Morgan fingerprint density at radius 1 is 1.04 bits per heavy atom. The molecule has 0 bridgehead atoms. The maximum absolute atomic E-state index is 14.6. The maximum atomic E-state index is 14.6. The Bertz CT molecular complexity index is 1750. The molecule has 46 heavy (non-hydrogen) atoms. The van der Waals surface area contributed by atoms with Gasteiger partial charge in [-0.3, -0.25) is 9.63 Å². The molecule has 2 fully saturated rings. The number of hydrogen-bond acceptors (Lipinski definition) is 9. The molecule has 2 saturated heterocycles. The molecule has 3 heterocycles. The molecule has 0 aliphatic carbocycles. The van der Waals surface area contributed by atoms with Gasteiger partial charge in [0.2, 0.25) is 5.91 Å². The minimum absolute atomic E-state index is 0.204. The number of likely N-dealkylation sites (N-methyl/N-ethyl adjacent to an activating group) is 1. The fourth-order valence-corrected chi connectivity index (χ4v) is 5.74. The first-order valence-corrected chi connectivity index (χ1v) is 15.0. The summed E-state index contributed by atoms with van der Waals surface area (Å²) in [6.45, 7) is 7.46.